The molecule has 0 amide bonds. The lowest BCUT2D eigenvalue weighted by atomic mass is 10.1. The molecule has 0 fully saturated rings. The fraction of sp³-hybridized carbons (Fsp3) is 0.286. The van der Waals surface area contributed by atoms with Crippen LogP contribution in [0.1, 0.15) is 17.5 Å². The summed E-state index contributed by atoms with van der Waals surface area (Å²) in [6, 6.07) is 13.8. The Morgan fingerprint density at radius 2 is 1.84 bits per heavy atom. The zero-order valence-corrected chi connectivity index (χ0v) is 17.3. The van der Waals surface area contributed by atoms with Gasteiger partial charge >= 0.3 is 5.69 Å². The van der Waals surface area contributed by atoms with E-state index in [1.54, 1.807) is 25.3 Å². The number of anilines is 2. The molecule has 160 valence electrons. The number of fused-ring (bicyclic) bond motifs is 1. The number of rotatable bonds is 9. The normalized spacial score (nSPS) is 11.1. The van der Waals surface area contributed by atoms with E-state index in [0.717, 1.165) is 30.6 Å². The molecule has 10 heteroatoms. The highest BCUT2D eigenvalue weighted by molar-refractivity contribution is 5.51. The number of hydrogen-bond acceptors (Lipinski definition) is 8. The number of aryl methyl sites for hydroxylation is 1. The molecule has 0 unspecified atom stereocenters. The summed E-state index contributed by atoms with van der Waals surface area (Å²) in [5, 5.41) is 17.4. The largest absolute Gasteiger partial charge is 0.385 e. The zero-order chi connectivity index (χ0) is 21.6. The monoisotopic (exact) mass is 421 g/mol. The Balaban J connectivity index is 1.40. The van der Waals surface area contributed by atoms with Crippen molar-refractivity contribution in [3.05, 3.63) is 59.8 Å². The molecule has 0 aliphatic carbocycles. The van der Waals surface area contributed by atoms with E-state index in [9.17, 15) is 5.21 Å². The Labute approximate surface area is 179 Å². The summed E-state index contributed by atoms with van der Waals surface area (Å²) in [5.74, 6) is 1.14. The Kier molecular flexibility index (Phi) is 6.18. The van der Waals surface area contributed by atoms with Gasteiger partial charge in [0.15, 0.2) is 0 Å². The molecule has 10 nitrogen and oxygen atoms in total. The minimum atomic E-state index is 0.159. The molecule has 0 aliphatic rings. The molecule has 31 heavy (non-hydrogen) atoms. The number of nitrogens with one attached hydrogen (secondary N) is 1. The number of benzene rings is 1. The molecule has 0 aliphatic heterocycles. The highest BCUT2D eigenvalue weighted by Crippen LogP contribution is 2.14. The van der Waals surface area contributed by atoms with Crippen molar-refractivity contribution >= 4 is 17.7 Å². The lowest BCUT2D eigenvalue weighted by molar-refractivity contribution is -0.896. The zero-order valence-electron chi connectivity index (χ0n) is 17.3. The van der Waals surface area contributed by atoms with Gasteiger partial charge in [0, 0.05) is 37.1 Å². The van der Waals surface area contributed by atoms with Crippen LogP contribution in [0.25, 0.3) is 17.3 Å². The van der Waals surface area contributed by atoms with Gasteiger partial charge in [-0.25, -0.2) is 0 Å². The van der Waals surface area contributed by atoms with E-state index in [4.69, 9.17) is 10.5 Å². The van der Waals surface area contributed by atoms with Crippen molar-refractivity contribution in [1.29, 1.82) is 0 Å². The van der Waals surface area contributed by atoms with Crippen LogP contribution >= 0.6 is 0 Å². The number of aromatic nitrogens is 6. The van der Waals surface area contributed by atoms with E-state index in [1.807, 2.05) is 0 Å². The van der Waals surface area contributed by atoms with Gasteiger partial charge in [-0.05, 0) is 36.5 Å². The molecule has 0 saturated heterocycles. The van der Waals surface area contributed by atoms with Crippen molar-refractivity contribution in [2.75, 3.05) is 31.3 Å². The highest BCUT2D eigenvalue weighted by atomic mass is 16.5. The van der Waals surface area contributed by atoms with Gasteiger partial charge in [0.2, 0.25) is 18.1 Å². The minimum Gasteiger partial charge on any atom is -0.385 e. The number of hydrogen-bond donors (Lipinski definition) is 3. The van der Waals surface area contributed by atoms with Crippen molar-refractivity contribution in [2.45, 2.75) is 19.3 Å². The van der Waals surface area contributed by atoms with E-state index < -0.39 is 0 Å². The average molecular weight is 421 g/mol. The summed E-state index contributed by atoms with van der Waals surface area (Å²) in [4.78, 5) is 13.0. The summed E-state index contributed by atoms with van der Waals surface area (Å²) in [6.45, 7) is 1.42. The van der Waals surface area contributed by atoms with Gasteiger partial charge < -0.3 is 15.8 Å². The number of methoxy groups -OCH3 is 1. The predicted octanol–water partition coefficient (Wildman–Crippen LogP) is 1.53. The van der Waals surface area contributed by atoms with Crippen LogP contribution in [0.3, 0.4) is 0 Å². The molecule has 0 spiro atoms. The van der Waals surface area contributed by atoms with E-state index in [0.29, 0.717) is 29.8 Å². The van der Waals surface area contributed by atoms with E-state index >= 15 is 0 Å². The molecular formula is C21H25N8O2+. The maximum absolute atomic E-state index is 9.95. The van der Waals surface area contributed by atoms with Crippen LogP contribution in [0.4, 0.5) is 11.9 Å². The topological polar surface area (TPSA) is 127 Å². The SMILES string of the molecule is COCCCc1ccc(CCNc2nc(N)n3nc(-c4cccc[n+]4O)nc3n2)cc1. The molecule has 1 aromatic carbocycles. The Hall–Kier alpha value is -3.79. The fourth-order valence-electron chi connectivity index (χ4n) is 3.22. The number of ether oxygens (including phenoxy) is 1. The number of nitrogens with two attached hydrogens (primary N) is 1. The third-order valence-corrected chi connectivity index (χ3v) is 4.84. The maximum atomic E-state index is 9.95. The average Bonchev–Trinajstić information content (AvgIpc) is 3.20. The summed E-state index contributed by atoms with van der Waals surface area (Å²) >= 11 is 0. The van der Waals surface area contributed by atoms with Crippen molar-refractivity contribution in [1.82, 2.24) is 24.6 Å². The molecular weight excluding hydrogens is 396 g/mol. The third-order valence-electron chi connectivity index (χ3n) is 4.84. The molecule has 0 saturated carbocycles. The van der Waals surface area contributed by atoms with Crippen molar-refractivity contribution in [2.24, 2.45) is 0 Å². The minimum absolute atomic E-state index is 0.159. The Morgan fingerprint density at radius 3 is 2.58 bits per heavy atom. The summed E-state index contributed by atoms with van der Waals surface area (Å²) in [5.41, 5.74) is 8.98. The number of pyridine rings is 1. The van der Waals surface area contributed by atoms with E-state index in [1.165, 1.54) is 21.8 Å². The second-order valence-corrected chi connectivity index (χ2v) is 7.07. The van der Waals surface area contributed by atoms with Gasteiger partial charge in [0.25, 0.3) is 11.6 Å². The van der Waals surface area contributed by atoms with Gasteiger partial charge in [-0.1, -0.05) is 24.3 Å². The molecule has 0 atom stereocenters. The number of nitrogen functional groups attached to an aromatic ring is 1. The molecule has 0 bridgehead atoms. The first-order chi connectivity index (χ1) is 15.1. The van der Waals surface area contributed by atoms with Crippen LogP contribution in [0.15, 0.2) is 48.7 Å². The van der Waals surface area contributed by atoms with Crippen LogP contribution in [0.5, 0.6) is 0 Å². The molecule has 4 rings (SSSR count). The standard InChI is InChI=1S/C21H25N8O2/c1-31-14-4-5-15-7-9-16(10-8-15)11-12-23-20-25-19(22)29-21(26-20)24-18(27-29)17-6-2-3-13-28(17)30/h2-3,6-10,13,30H,4-5,11-12,14H2,1H3,(H3,22,23,24,25,26,27)/q+1. The van der Waals surface area contributed by atoms with E-state index in [-0.39, 0.29) is 5.95 Å². The number of nitrogens with zero attached hydrogens (tertiary/aromatic N) is 6. The van der Waals surface area contributed by atoms with Crippen LogP contribution < -0.4 is 15.8 Å². The van der Waals surface area contributed by atoms with Crippen molar-refractivity contribution in [3.8, 4) is 11.5 Å². The van der Waals surface area contributed by atoms with Crippen molar-refractivity contribution < 1.29 is 14.7 Å². The summed E-state index contributed by atoms with van der Waals surface area (Å²) in [6.07, 6.45) is 4.35. The van der Waals surface area contributed by atoms with Crippen LogP contribution in [0.2, 0.25) is 0 Å². The van der Waals surface area contributed by atoms with E-state index in [2.05, 4.69) is 49.6 Å². The highest BCUT2D eigenvalue weighted by Gasteiger charge is 2.19. The molecule has 3 aromatic heterocycles. The van der Waals surface area contributed by atoms with Gasteiger partial charge in [0.05, 0.1) is 0 Å². The molecule has 4 aromatic rings. The molecule has 0 radical (unpaired) electrons. The van der Waals surface area contributed by atoms with Crippen LogP contribution in [-0.2, 0) is 17.6 Å². The fourth-order valence-corrected chi connectivity index (χ4v) is 3.22. The first-order valence-electron chi connectivity index (χ1n) is 10.1. The Morgan fingerprint density at radius 1 is 1.06 bits per heavy atom. The molecule has 3 heterocycles. The quantitative estimate of drug-likeness (QED) is 0.211. The smallest absolute Gasteiger partial charge is 0.303 e. The Bertz CT molecular complexity index is 1160. The van der Waals surface area contributed by atoms with Gasteiger partial charge in [-0.15, -0.1) is 5.10 Å². The second-order valence-electron chi connectivity index (χ2n) is 7.07. The van der Waals surface area contributed by atoms with Gasteiger partial charge in [-0.3, -0.25) is 5.21 Å². The first kappa shape index (κ1) is 20.5. The lowest BCUT2D eigenvalue weighted by Gasteiger charge is -2.07. The summed E-state index contributed by atoms with van der Waals surface area (Å²) in [7, 11) is 1.72. The third kappa shape index (κ3) is 4.86. The second kappa shape index (κ2) is 9.35. The lowest BCUT2D eigenvalue weighted by Crippen LogP contribution is -2.32. The first-order valence-corrected chi connectivity index (χ1v) is 10.1. The van der Waals surface area contributed by atoms with Gasteiger partial charge in [-0.2, -0.15) is 19.5 Å². The molecule has 4 N–H and O–H groups in total. The van der Waals surface area contributed by atoms with Crippen LogP contribution in [-0.4, -0.2) is 50.0 Å². The summed E-state index contributed by atoms with van der Waals surface area (Å²) < 4.78 is 7.38. The van der Waals surface area contributed by atoms with Crippen molar-refractivity contribution in [3.63, 3.8) is 0 Å². The van der Waals surface area contributed by atoms with Gasteiger partial charge in [0.1, 0.15) is 0 Å². The maximum Gasteiger partial charge on any atom is 0.303 e. The van der Waals surface area contributed by atoms with Crippen LogP contribution in [0, 0.1) is 0 Å². The predicted molar refractivity (Wildman–Crippen MR) is 115 cm³/mol.